The second-order valence-corrected chi connectivity index (χ2v) is 8.41. The molecule has 8 heteroatoms. The van der Waals surface area contributed by atoms with Crippen molar-refractivity contribution in [2.75, 3.05) is 52.6 Å². The molecule has 2 heterocycles. The molecule has 0 unspecified atom stereocenters. The van der Waals surface area contributed by atoms with Crippen molar-refractivity contribution in [3.63, 3.8) is 0 Å². The molecule has 2 aliphatic rings. The third-order valence-electron chi connectivity index (χ3n) is 6.25. The van der Waals surface area contributed by atoms with E-state index in [0.29, 0.717) is 56.6 Å². The lowest BCUT2D eigenvalue weighted by atomic mass is 9.95. The van der Waals surface area contributed by atoms with E-state index in [1.165, 1.54) is 0 Å². The maximum Gasteiger partial charge on any atom is 0.295 e. The summed E-state index contributed by atoms with van der Waals surface area (Å²) in [7, 11) is 0. The van der Waals surface area contributed by atoms with Crippen molar-refractivity contribution >= 4 is 17.4 Å². The summed E-state index contributed by atoms with van der Waals surface area (Å²) < 4.78 is 16.4. The normalized spacial score (nSPS) is 20.3. The highest BCUT2D eigenvalue weighted by Gasteiger charge is 2.46. The lowest BCUT2D eigenvalue weighted by Gasteiger charge is -2.31. The number of rotatable bonds is 9. The van der Waals surface area contributed by atoms with Crippen molar-refractivity contribution in [1.29, 1.82) is 0 Å². The number of aliphatic hydroxyl groups is 1. The van der Waals surface area contributed by atoms with Gasteiger partial charge in [0.15, 0.2) is 0 Å². The standard InChI is InChI=1S/C27H32N2O6/c1-3-34-21-9-5-19(6-10-21)24-23(25(30)20-7-11-22(12-8-20)35-4-2)26(31)27(32)29(24)14-13-28-15-17-33-18-16-28/h5-12,24,30H,3-4,13-18H2,1-2H3/b25-23+/t24-/m1/s1. The minimum atomic E-state index is -0.696. The summed E-state index contributed by atoms with van der Waals surface area (Å²) in [5.41, 5.74) is 1.28. The fraction of sp³-hybridized carbons (Fsp3) is 0.407. The van der Waals surface area contributed by atoms with Gasteiger partial charge in [-0.2, -0.15) is 0 Å². The van der Waals surface area contributed by atoms with Gasteiger partial charge in [-0.25, -0.2) is 0 Å². The number of nitrogens with zero attached hydrogens (tertiary/aromatic N) is 2. The number of ketones is 1. The molecule has 186 valence electrons. The summed E-state index contributed by atoms with van der Waals surface area (Å²) >= 11 is 0. The lowest BCUT2D eigenvalue weighted by Crippen LogP contribution is -2.42. The number of carbonyl (C=O) groups is 2. The van der Waals surface area contributed by atoms with Crippen molar-refractivity contribution in [3.8, 4) is 11.5 Å². The van der Waals surface area contributed by atoms with Crippen molar-refractivity contribution in [2.45, 2.75) is 19.9 Å². The van der Waals surface area contributed by atoms with Crippen LogP contribution in [-0.4, -0.2) is 79.2 Å². The van der Waals surface area contributed by atoms with Crippen LogP contribution in [0.5, 0.6) is 11.5 Å². The molecule has 0 radical (unpaired) electrons. The molecule has 0 spiro atoms. The summed E-state index contributed by atoms with van der Waals surface area (Å²) in [6.07, 6.45) is 0. The first-order chi connectivity index (χ1) is 17.0. The minimum absolute atomic E-state index is 0.0882. The van der Waals surface area contributed by atoms with Gasteiger partial charge in [0.1, 0.15) is 17.3 Å². The minimum Gasteiger partial charge on any atom is -0.507 e. The Morgan fingerprint density at radius 3 is 2.06 bits per heavy atom. The van der Waals surface area contributed by atoms with E-state index in [0.717, 1.165) is 18.7 Å². The van der Waals surface area contributed by atoms with Crippen LogP contribution in [0.25, 0.3) is 5.76 Å². The predicted molar refractivity (Wildman–Crippen MR) is 131 cm³/mol. The Morgan fingerprint density at radius 1 is 0.914 bits per heavy atom. The predicted octanol–water partition coefficient (Wildman–Crippen LogP) is 3.24. The van der Waals surface area contributed by atoms with Gasteiger partial charge in [0.2, 0.25) is 0 Å². The molecule has 0 aliphatic carbocycles. The van der Waals surface area contributed by atoms with Crippen molar-refractivity contribution in [1.82, 2.24) is 9.80 Å². The van der Waals surface area contributed by atoms with Gasteiger partial charge in [-0.1, -0.05) is 12.1 Å². The average molecular weight is 481 g/mol. The van der Waals surface area contributed by atoms with Gasteiger partial charge in [-0.3, -0.25) is 14.5 Å². The number of likely N-dealkylation sites (tertiary alicyclic amines) is 1. The first-order valence-corrected chi connectivity index (χ1v) is 12.1. The van der Waals surface area contributed by atoms with Crippen molar-refractivity contribution < 1.29 is 28.9 Å². The molecule has 0 saturated carbocycles. The fourth-order valence-electron chi connectivity index (χ4n) is 4.48. The molecule has 35 heavy (non-hydrogen) atoms. The van der Waals surface area contributed by atoms with E-state index in [2.05, 4.69) is 4.90 Å². The van der Waals surface area contributed by atoms with Crippen molar-refractivity contribution in [3.05, 3.63) is 65.2 Å². The van der Waals surface area contributed by atoms with Crippen LogP contribution in [0.2, 0.25) is 0 Å². The number of hydrogen-bond donors (Lipinski definition) is 1. The highest BCUT2D eigenvalue weighted by Crippen LogP contribution is 2.40. The van der Waals surface area contributed by atoms with E-state index in [1.807, 2.05) is 38.1 Å². The largest absolute Gasteiger partial charge is 0.507 e. The third-order valence-corrected chi connectivity index (χ3v) is 6.25. The van der Waals surface area contributed by atoms with Crippen LogP contribution in [0, 0.1) is 0 Å². The number of hydrogen-bond acceptors (Lipinski definition) is 7. The van der Waals surface area contributed by atoms with Crippen LogP contribution in [0.3, 0.4) is 0 Å². The highest BCUT2D eigenvalue weighted by atomic mass is 16.5. The molecular formula is C27H32N2O6. The second-order valence-electron chi connectivity index (χ2n) is 8.41. The first-order valence-electron chi connectivity index (χ1n) is 12.1. The molecule has 2 aliphatic heterocycles. The summed E-state index contributed by atoms with van der Waals surface area (Å²) in [6.45, 7) is 8.71. The number of Topliss-reactive ketones (excluding diaryl/α,β-unsaturated/α-hetero) is 1. The smallest absolute Gasteiger partial charge is 0.295 e. The summed E-state index contributed by atoms with van der Waals surface area (Å²) in [5, 5.41) is 11.2. The number of carbonyl (C=O) groups excluding carboxylic acids is 2. The average Bonchev–Trinajstić information content (AvgIpc) is 3.14. The molecule has 0 aromatic heterocycles. The zero-order valence-corrected chi connectivity index (χ0v) is 20.2. The molecule has 2 aromatic rings. The topological polar surface area (TPSA) is 88.5 Å². The van der Waals surface area contributed by atoms with Gasteiger partial charge in [0.05, 0.1) is 38.0 Å². The van der Waals surface area contributed by atoms with Gasteiger partial charge >= 0.3 is 0 Å². The highest BCUT2D eigenvalue weighted by molar-refractivity contribution is 6.46. The maximum absolute atomic E-state index is 13.2. The fourth-order valence-corrected chi connectivity index (χ4v) is 4.48. The quantitative estimate of drug-likeness (QED) is 0.335. The van der Waals surface area contributed by atoms with Gasteiger partial charge in [0, 0.05) is 31.7 Å². The lowest BCUT2D eigenvalue weighted by molar-refractivity contribution is -0.140. The van der Waals surface area contributed by atoms with Gasteiger partial charge in [-0.05, 0) is 55.8 Å². The van der Waals surface area contributed by atoms with E-state index in [9.17, 15) is 14.7 Å². The molecule has 2 saturated heterocycles. The number of aliphatic hydroxyl groups excluding tert-OH is 1. The van der Waals surface area contributed by atoms with E-state index in [-0.39, 0.29) is 11.3 Å². The van der Waals surface area contributed by atoms with Gasteiger partial charge in [0.25, 0.3) is 11.7 Å². The molecule has 1 N–H and O–H groups in total. The Hall–Kier alpha value is -3.36. The Kier molecular flexibility index (Phi) is 8.05. The first kappa shape index (κ1) is 24.8. The van der Waals surface area contributed by atoms with Crippen molar-refractivity contribution in [2.24, 2.45) is 0 Å². The van der Waals surface area contributed by atoms with Crippen LogP contribution in [0.1, 0.15) is 31.0 Å². The Bertz CT molecular complexity index is 1060. The molecule has 1 atom stereocenters. The van der Waals surface area contributed by atoms with Gasteiger partial charge < -0.3 is 24.2 Å². The third kappa shape index (κ3) is 5.49. The Morgan fingerprint density at radius 2 is 1.49 bits per heavy atom. The molecule has 1 amide bonds. The summed E-state index contributed by atoms with van der Waals surface area (Å²) in [4.78, 5) is 30.1. The number of morpholine rings is 1. The zero-order valence-electron chi connectivity index (χ0n) is 20.2. The Balaban J connectivity index is 1.70. The molecule has 0 bridgehead atoms. The van der Waals surface area contributed by atoms with Crippen LogP contribution in [0.15, 0.2) is 54.1 Å². The molecule has 4 rings (SSSR count). The van der Waals surface area contributed by atoms with E-state index < -0.39 is 17.7 Å². The van der Waals surface area contributed by atoms with E-state index in [4.69, 9.17) is 14.2 Å². The zero-order chi connectivity index (χ0) is 24.8. The molecular weight excluding hydrogens is 448 g/mol. The number of benzene rings is 2. The van der Waals surface area contributed by atoms with Crippen LogP contribution in [-0.2, 0) is 14.3 Å². The van der Waals surface area contributed by atoms with Crippen LogP contribution >= 0.6 is 0 Å². The number of amides is 1. The summed E-state index contributed by atoms with van der Waals surface area (Å²) in [5.74, 6) is -0.118. The maximum atomic E-state index is 13.2. The van der Waals surface area contributed by atoms with E-state index >= 15 is 0 Å². The molecule has 2 fully saturated rings. The van der Waals surface area contributed by atoms with Gasteiger partial charge in [-0.15, -0.1) is 0 Å². The molecule has 8 nitrogen and oxygen atoms in total. The molecule has 2 aromatic carbocycles. The Labute approximate surface area is 205 Å². The SMILES string of the molecule is CCOc1ccc(/C(O)=C2\C(=O)C(=O)N(CCN3CCOCC3)[C@@H]2c2ccc(OCC)cc2)cc1. The van der Waals surface area contributed by atoms with Crippen LogP contribution in [0.4, 0.5) is 0 Å². The monoisotopic (exact) mass is 480 g/mol. The van der Waals surface area contributed by atoms with E-state index in [1.54, 1.807) is 29.2 Å². The number of ether oxygens (including phenoxy) is 3. The second kappa shape index (κ2) is 11.4. The van der Waals surface area contributed by atoms with Crippen LogP contribution < -0.4 is 9.47 Å². The summed E-state index contributed by atoms with van der Waals surface area (Å²) in [6, 6.07) is 13.5.